The Morgan fingerprint density at radius 3 is 2.94 bits per heavy atom. The molecule has 2 unspecified atom stereocenters. The Balaban J connectivity index is 1.93. The number of likely N-dealkylation sites (tertiary alicyclic amines) is 1. The van der Waals surface area contributed by atoms with Gasteiger partial charge in [-0.1, -0.05) is 11.6 Å². The van der Waals surface area contributed by atoms with Gasteiger partial charge in [-0.05, 0) is 38.9 Å². The molecule has 0 aromatic carbocycles. The predicted molar refractivity (Wildman–Crippen MR) is 71.8 cm³/mol. The summed E-state index contributed by atoms with van der Waals surface area (Å²) in [5.74, 6) is -0.0686. The zero-order chi connectivity index (χ0) is 13.1. The fourth-order valence-corrected chi connectivity index (χ4v) is 2.31. The first-order chi connectivity index (χ1) is 8.56. The summed E-state index contributed by atoms with van der Waals surface area (Å²) < 4.78 is 0. The highest BCUT2D eigenvalue weighted by Gasteiger charge is 2.24. The third kappa shape index (κ3) is 3.21. The first-order valence-corrected chi connectivity index (χ1v) is 6.56. The second kappa shape index (κ2) is 5.67. The molecule has 2 rings (SSSR count). The largest absolute Gasteiger partial charge is 0.349 e. The number of carbonyl (C=O) groups excluding carboxylic acids is 1. The molecule has 1 fully saturated rings. The van der Waals surface area contributed by atoms with Gasteiger partial charge in [0.05, 0.1) is 5.56 Å². The van der Waals surface area contributed by atoms with E-state index in [-0.39, 0.29) is 11.9 Å². The van der Waals surface area contributed by atoms with E-state index in [0.717, 1.165) is 19.4 Å². The lowest BCUT2D eigenvalue weighted by Crippen LogP contribution is -2.47. The van der Waals surface area contributed by atoms with Crippen molar-refractivity contribution in [1.29, 1.82) is 0 Å². The summed E-state index contributed by atoms with van der Waals surface area (Å²) in [6.45, 7) is 3.20. The van der Waals surface area contributed by atoms with E-state index >= 15 is 0 Å². The molecule has 2 atom stereocenters. The van der Waals surface area contributed by atoms with Crippen molar-refractivity contribution >= 4 is 17.5 Å². The fourth-order valence-electron chi connectivity index (χ4n) is 2.20. The van der Waals surface area contributed by atoms with Gasteiger partial charge in [-0.25, -0.2) is 4.98 Å². The maximum Gasteiger partial charge on any atom is 0.253 e. The topological polar surface area (TPSA) is 45.2 Å². The lowest BCUT2D eigenvalue weighted by atomic mass is 9.98. The van der Waals surface area contributed by atoms with Crippen molar-refractivity contribution in [3.8, 4) is 0 Å². The first-order valence-electron chi connectivity index (χ1n) is 6.19. The summed E-state index contributed by atoms with van der Waals surface area (Å²) in [6, 6.07) is 4.09. The van der Waals surface area contributed by atoms with Crippen molar-refractivity contribution in [2.45, 2.75) is 31.8 Å². The van der Waals surface area contributed by atoms with Crippen LogP contribution in [0.15, 0.2) is 18.3 Å². The molecule has 0 saturated carbocycles. The highest BCUT2D eigenvalue weighted by molar-refractivity contribution is 6.29. The van der Waals surface area contributed by atoms with Gasteiger partial charge in [-0.15, -0.1) is 0 Å². The van der Waals surface area contributed by atoms with Crippen molar-refractivity contribution in [3.05, 3.63) is 29.0 Å². The van der Waals surface area contributed by atoms with Crippen LogP contribution in [0, 0.1) is 0 Å². The summed E-state index contributed by atoms with van der Waals surface area (Å²) in [5, 5.41) is 3.46. The van der Waals surface area contributed by atoms with Gasteiger partial charge in [-0.2, -0.15) is 0 Å². The number of hydrogen-bond acceptors (Lipinski definition) is 3. The smallest absolute Gasteiger partial charge is 0.253 e. The van der Waals surface area contributed by atoms with Gasteiger partial charge in [0.15, 0.2) is 0 Å². The number of nitrogens with one attached hydrogen (secondary N) is 1. The summed E-state index contributed by atoms with van der Waals surface area (Å²) in [4.78, 5) is 18.2. The molecule has 0 aliphatic carbocycles. The maximum atomic E-state index is 12.0. The molecular weight excluding hydrogens is 250 g/mol. The Labute approximate surface area is 112 Å². The molecule has 0 radical (unpaired) electrons. The van der Waals surface area contributed by atoms with E-state index in [9.17, 15) is 4.79 Å². The molecule has 18 heavy (non-hydrogen) atoms. The van der Waals surface area contributed by atoms with Gasteiger partial charge < -0.3 is 10.2 Å². The number of nitrogens with zero attached hydrogens (tertiary/aromatic N) is 2. The number of piperidine rings is 1. The van der Waals surface area contributed by atoms with E-state index in [1.54, 1.807) is 12.1 Å². The molecule has 1 saturated heterocycles. The van der Waals surface area contributed by atoms with Crippen molar-refractivity contribution < 1.29 is 4.79 Å². The SMILES string of the molecule is CC1CC(NC(=O)c2ccc(Cl)nc2)CCN1C. The van der Waals surface area contributed by atoms with E-state index in [4.69, 9.17) is 11.6 Å². The number of hydrogen-bond donors (Lipinski definition) is 1. The minimum absolute atomic E-state index is 0.0686. The molecule has 0 bridgehead atoms. The zero-order valence-corrected chi connectivity index (χ0v) is 11.4. The third-order valence-electron chi connectivity index (χ3n) is 3.53. The quantitative estimate of drug-likeness (QED) is 0.833. The standard InChI is InChI=1S/C13H18ClN3O/c1-9-7-11(5-6-17(9)2)16-13(18)10-3-4-12(14)15-8-10/h3-4,8-9,11H,5-7H2,1-2H3,(H,16,18). The maximum absolute atomic E-state index is 12.0. The zero-order valence-electron chi connectivity index (χ0n) is 10.7. The average Bonchev–Trinajstić information content (AvgIpc) is 2.34. The Kier molecular flexibility index (Phi) is 4.19. The minimum atomic E-state index is -0.0686. The number of pyridine rings is 1. The molecule has 1 aliphatic rings. The summed E-state index contributed by atoms with van der Waals surface area (Å²) in [7, 11) is 2.12. The summed E-state index contributed by atoms with van der Waals surface area (Å²) in [5.41, 5.74) is 0.561. The second-order valence-corrected chi connectivity index (χ2v) is 5.28. The van der Waals surface area contributed by atoms with E-state index < -0.39 is 0 Å². The van der Waals surface area contributed by atoms with Gasteiger partial charge in [-0.3, -0.25) is 4.79 Å². The van der Waals surface area contributed by atoms with Crippen molar-refractivity contribution in [2.24, 2.45) is 0 Å². The van der Waals surface area contributed by atoms with Gasteiger partial charge in [0.1, 0.15) is 5.15 Å². The van der Waals surface area contributed by atoms with Crippen LogP contribution in [0.4, 0.5) is 0 Å². The Morgan fingerprint density at radius 2 is 2.33 bits per heavy atom. The first kappa shape index (κ1) is 13.3. The third-order valence-corrected chi connectivity index (χ3v) is 3.76. The van der Waals surface area contributed by atoms with Gasteiger partial charge in [0.25, 0.3) is 5.91 Å². The normalized spacial score (nSPS) is 24.8. The number of halogens is 1. The Morgan fingerprint density at radius 1 is 1.56 bits per heavy atom. The number of rotatable bonds is 2. The molecule has 1 aromatic rings. The molecule has 0 spiro atoms. The minimum Gasteiger partial charge on any atom is -0.349 e. The van der Waals surface area contributed by atoms with Gasteiger partial charge >= 0.3 is 0 Å². The van der Waals surface area contributed by atoms with Crippen LogP contribution in [0.2, 0.25) is 5.15 Å². The molecule has 5 heteroatoms. The van der Waals surface area contributed by atoms with Crippen LogP contribution in [0.3, 0.4) is 0 Å². The lowest BCUT2D eigenvalue weighted by Gasteiger charge is -2.35. The van der Waals surface area contributed by atoms with Crippen molar-refractivity contribution in [2.75, 3.05) is 13.6 Å². The van der Waals surface area contributed by atoms with Crippen LogP contribution in [0.1, 0.15) is 30.1 Å². The molecule has 1 amide bonds. The van der Waals surface area contributed by atoms with Crippen LogP contribution < -0.4 is 5.32 Å². The molecule has 1 N–H and O–H groups in total. The fraction of sp³-hybridized carbons (Fsp3) is 0.538. The van der Waals surface area contributed by atoms with Crippen LogP contribution in [0.5, 0.6) is 0 Å². The van der Waals surface area contributed by atoms with Crippen LogP contribution in [-0.4, -0.2) is 41.5 Å². The van der Waals surface area contributed by atoms with Gasteiger partial charge in [0.2, 0.25) is 0 Å². The van der Waals surface area contributed by atoms with E-state index in [0.29, 0.717) is 16.8 Å². The predicted octanol–water partition coefficient (Wildman–Crippen LogP) is 1.95. The van der Waals surface area contributed by atoms with Crippen LogP contribution in [0.25, 0.3) is 0 Å². The highest BCUT2D eigenvalue weighted by Crippen LogP contribution is 2.16. The number of aromatic nitrogens is 1. The lowest BCUT2D eigenvalue weighted by molar-refractivity contribution is 0.0896. The second-order valence-electron chi connectivity index (χ2n) is 4.89. The molecule has 1 aliphatic heterocycles. The van der Waals surface area contributed by atoms with Gasteiger partial charge in [0, 0.05) is 24.8 Å². The van der Waals surface area contributed by atoms with Crippen molar-refractivity contribution in [1.82, 2.24) is 15.2 Å². The van der Waals surface area contributed by atoms with Crippen LogP contribution >= 0.6 is 11.6 Å². The average molecular weight is 268 g/mol. The molecular formula is C13H18ClN3O. The number of amides is 1. The van der Waals surface area contributed by atoms with E-state index in [1.807, 2.05) is 0 Å². The molecule has 98 valence electrons. The van der Waals surface area contributed by atoms with Crippen LogP contribution in [-0.2, 0) is 0 Å². The highest BCUT2D eigenvalue weighted by atomic mass is 35.5. The van der Waals surface area contributed by atoms with E-state index in [1.165, 1.54) is 6.20 Å². The monoisotopic (exact) mass is 267 g/mol. The summed E-state index contributed by atoms with van der Waals surface area (Å²) >= 11 is 5.70. The molecule has 4 nitrogen and oxygen atoms in total. The Bertz CT molecular complexity index is 421. The van der Waals surface area contributed by atoms with E-state index in [2.05, 4.69) is 29.2 Å². The Hall–Kier alpha value is -1.13. The molecule has 2 heterocycles. The summed E-state index contributed by atoms with van der Waals surface area (Å²) in [6.07, 6.45) is 3.49. The van der Waals surface area contributed by atoms with Crippen molar-refractivity contribution in [3.63, 3.8) is 0 Å². The molecule has 1 aromatic heterocycles. The number of carbonyl (C=O) groups is 1.